The Morgan fingerprint density at radius 2 is 2.14 bits per heavy atom. The van der Waals surface area contributed by atoms with Gasteiger partial charge in [0, 0.05) is 24.5 Å². The van der Waals surface area contributed by atoms with E-state index in [1.807, 2.05) is 4.90 Å². The molecule has 0 aromatic carbocycles. The highest BCUT2D eigenvalue weighted by Crippen LogP contribution is 2.42. The van der Waals surface area contributed by atoms with Gasteiger partial charge in [-0.3, -0.25) is 4.79 Å². The summed E-state index contributed by atoms with van der Waals surface area (Å²) < 4.78 is 0. The molecule has 80 valence electrons. The van der Waals surface area contributed by atoms with Crippen LogP contribution in [0, 0.1) is 5.41 Å². The van der Waals surface area contributed by atoms with E-state index in [-0.39, 0.29) is 11.5 Å². The number of hydrogen-bond acceptors (Lipinski definition) is 2. The normalized spacial score (nSPS) is 31.0. The molecular weight excluding hydrogens is 176 g/mol. The van der Waals surface area contributed by atoms with Crippen molar-refractivity contribution in [3.63, 3.8) is 0 Å². The molecule has 2 aliphatic rings. The Morgan fingerprint density at radius 3 is 2.64 bits per heavy atom. The maximum atomic E-state index is 12.1. The predicted octanol–water partition coefficient (Wildman–Crippen LogP) is 1.13. The van der Waals surface area contributed by atoms with Crippen molar-refractivity contribution in [2.75, 3.05) is 13.1 Å². The quantitative estimate of drug-likeness (QED) is 0.683. The molecule has 3 nitrogen and oxygen atoms in total. The van der Waals surface area contributed by atoms with Crippen molar-refractivity contribution in [3.05, 3.63) is 0 Å². The van der Waals surface area contributed by atoms with Crippen LogP contribution in [0.15, 0.2) is 0 Å². The first kappa shape index (κ1) is 9.97. The number of rotatable bonds is 1. The van der Waals surface area contributed by atoms with Gasteiger partial charge in [-0.05, 0) is 25.7 Å². The molecule has 1 heterocycles. The van der Waals surface area contributed by atoms with E-state index in [0.717, 1.165) is 38.8 Å². The second-order valence-corrected chi connectivity index (χ2v) is 5.07. The van der Waals surface area contributed by atoms with Crippen LogP contribution in [0.25, 0.3) is 0 Å². The van der Waals surface area contributed by atoms with Crippen molar-refractivity contribution in [2.24, 2.45) is 11.1 Å². The Kier molecular flexibility index (Phi) is 2.52. The van der Waals surface area contributed by atoms with Crippen LogP contribution in [0.2, 0.25) is 0 Å². The fraction of sp³-hybridized carbons (Fsp3) is 0.909. The molecule has 1 atom stereocenters. The van der Waals surface area contributed by atoms with E-state index in [1.54, 1.807) is 0 Å². The molecule has 2 N–H and O–H groups in total. The molecule has 14 heavy (non-hydrogen) atoms. The van der Waals surface area contributed by atoms with Crippen LogP contribution in [0.4, 0.5) is 0 Å². The Morgan fingerprint density at radius 1 is 1.43 bits per heavy atom. The van der Waals surface area contributed by atoms with Crippen molar-refractivity contribution in [2.45, 2.75) is 45.1 Å². The smallest absolute Gasteiger partial charge is 0.228 e. The summed E-state index contributed by atoms with van der Waals surface area (Å²) in [6.07, 6.45) is 5.49. The van der Waals surface area contributed by atoms with Gasteiger partial charge in [-0.25, -0.2) is 0 Å². The Labute approximate surface area is 85.6 Å². The molecule has 0 bridgehead atoms. The first-order valence-corrected chi connectivity index (χ1v) is 5.67. The third-order valence-corrected chi connectivity index (χ3v) is 3.72. The first-order chi connectivity index (χ1) is 6.62. The summed E-state index contributed by atoms with van der Waals surface area (Å²) in [5, 5.41) is 0. The van der Waals surface area contributed by atoms with Crippen LogP contribution >= 0.6 is 0 Å². The molecule has 1 aliphatic heterocycles. The number of piperidine rings is 1. The van der Waals surface area contributed by atoms with E-state index >= 15 is 0 Å². The second-order valence-electron chi connectivity index (χ2n) is 5.07. The molecule has 0 aromatic heterocycles. The molecule has 1 saturated heterocycles. The summed E-state index contributed by atoms with van der Waals surface area (Å²) in [5.41, 5.74) is 5.83. The zero-order valence-corrected chi connectivity index (χ0v) is 8.96. The Bertz CT molecular complexity index is 235. The number of amides is 1. The van der Waals surface area contributed by atoms with Crippen LogP contribution in [0.5, 0.6) is 0 Å². The summed E-state index contributed by atoms with van der Waals surface area (Å²) in [7, 11) is 0. The highest BCUT2D eigenvalue weighted by atomic mass is 16.2. The van der Waals surface area contributed by atoms with Gasteiger partial charge in [0.1, 0.15) is 0 Å². The second kappa shape index (κ2) is 3.54. The minimum Gasteiger partial charge on any atom is -0.341 e. The number of nitrogens with two attached hydrogens (primary N) is 1. The molecule has 1 aliphatic carbocycles. The van der Waals surface area contributed by atoms with Gasteiger partial charge >= 0.3 is 0 Å². The van der Waals surface area contributed by atoms with Gasteiger partial charge in [-0.2, -0.15) is 0 Å². The number of likely N-dealkylation sites (tertiary alicyclic amines) is 1. The third kappa shape index (κ3) is 1.65. The zero-order chi connectivity index (χ0) is 10.2. The van der Waals surface area contributed by atoms with Gasteiger partial charge < -0.3 is 10.6 Å². The van der Waals surface area contributed by atoms with E-state index < -0.39 is 0 Å². The SMILES string of the molecule is CC1(C(=O)N2CCC[C@@H](N)C2)CCC1. The number of hydrogen-bond donors (Lipinski definition) is 1. The summed E-state index contributed by atoms with van der Waals surface area (Å²) in [5.74, 6) is 0.346. The molecule has 0 aromatic rings. The van der Waals surface area contributed by atoms with Crippen LogP contribution in [0.3, 0.4) is 0 Å². The van der Waals surface area contributed by atoms with Gasteiger partial charge in [-0.15, -0.1) is 0 Å². The molecule has 1 amide bonds. The maximum Gasteiger partial charge on any atom is 0.228 e. The van der Waals surface area contributed by atoms with Crippen molar-refractivity contribution >= 4 is 5.91 Å². The molecule has 1 saturated carbocycles. The monoisotopic (exact) mass is 196 g/mol. The highest BCUT2D eigenvalue weighted by molar-refractivity contribution is 5.83. The Hall–Kier alpha value is -0.570. The van der Waals surface area contributed by atoms with Crippen LogP contribution in [0.1, 0.15) is 39.0 Å². The van der Waals surface area contributed by atoms with Crippen molar-refractivity contribution in [1.82, 2.24) is 4.90 Å². The third-order valence-electron chi connectivity index (χ3n) is 3.72. The zero-order valence-electron chi connectivity index (χ0n) is 8.96. The number of carbonyl (C=O) groups excluding carboxylic acids is 1. The van der Waals surface area contributed by atoms with Crippen LogP contribution in [-0.4, -0.2) is 29.9 Å². The maximum absolute atomic E-state index is 12.1. The van der Waals surface area contributed by atoms with Crippen LogP contribution < -0.4 is 5.73 Å². The molecular formula is C11H20N2O. The minimum absolute atomic E-state index is 0.0446. The van der Waals surface area contributed by atoms with E-state index in [4.69, 9.17) is 5.73 Å². The van der Waals surface area contributed by atoms with Crippen molar-refractivity contribution < 1.29 is 4.79 Å². The molecule has 0 spiro atoms. The van der Waals surface area contributed by atoms with Gasteiger partial charge in [0.2, 0.25) is 5.91 Å². The van der Waals surface area contributed by atoms with E-state index in [2.05, 4.69) is 6.92 Å². The van der Waals surface area contributed by atoms with Gasteiger partial charge in [0.15, 0.2) is 0 Å². The molecule has 2 fully saturated rings. The molecule has 2 rings (SSSR count). The van der Waals surface area contributed by atoms with E-state index in [0.29, 0.717) is 5.91 Å². The average molecular weight is 196 g/mol. The first-order valence-electron chi connectivity index (χ1n) is 5.67. The predicted molar refractivity (Wildman–Crippen MR) is 55.7 cm³/mol. The van der Waals surface area contributed by atoms with Crippen LogP contribution in [-0.2, 0) is 4.79 Å². The summed E-state index contributed by atoms with van der Waals surface area (Å²) >= 11 is 0. The summed E-state index contributed by atoms with van der Waals surface area (Å²) in [6, 6.07) is 0.205. The molecule has 0 unspecified atom stereocenters. The van der Waals surface area contributed by atoms with Crippen molar-refractivity contribution in [3.8, 4) is 0 Å². The summed E-state index contributed by atoms with van der Waals surface area (Å²) in [6.45, 7) is 3.79. The largest absolute Gasteiger partial charge is 0.341 e. The standard InChI is InChI=1S/C11H20N2O/c1-11(5-3-6-11)10(14)13-7-2-4-9(12)8-13/h9H,2-8,12H2,1H3/t9-/m1/s1. The summed E-state index contributed by atoms with van der Waals surface area (Å²) in [4.78, 5) is 14.1. The molecule has 0 radical (unpaired) electrons. The average Bonchev–Trinajstić information content (AvgIpc) is 2.13. The lowest BCUT2D eigenvalue weighted by Crippen LogP contribution is -2.52. The van der Waals surface area contributed by atoms with Crippen molar-refractivity contribution in [1.29, 1.82) is 0 Å². The van der Waals surface area contributed by atoms with E-state index in [1.165, 1.54) is 6.42 Å². The van der Waals surface area contributed by atoms with Gasteiger partial charge in [0.05, 0.1) is 0 Å². The lowest BCUT2D eigenvalue weighted by molar-refractivity contribution is -0.147. The number of carbonyl (C=O) groups is 1. The minimum atomic E-state index is -0.0446. The van der Waals surface area contributed by atoms with Gasteiger partial charge in [0.25, 0.3) is 0 Å². The number of nitrogens with zero attached hydrogens (tertiary/aromatic N) is 1. The topological polar surface area (TPSA) is 46.3 Å². The fourth-order valence-corrected chi connectivity index (χ4v) is 2.50. The molecule has 3 heteroatoms. The van der Waals surface area contributed by atoms with Gasteiger partial charge in [-0.1, -0.05) is 13.3 Å². The highest BCUT2D eigenvalue weighted by Gasteiger charge is 2.42. The fourth-order valence-electron chi connectivity index (χ4n) is 2.50. The lowest BCUT2D eigenvalue weighted by Gasteiger charge is -2.42. The lowest BCUT2D eigenvalue weighted by atomic mass is 9.69. The Balaban J connectivity index is 1.96. The van der Waals surface area contributed by atoms with E-state index in [9.17, 15) is 4.79 Å².